The van der Waals surface area contributed by atoms with Crippen molar-refractivity contribution in [2.75, 3.05) is 33.4 Å². The Kier molecular flexibility index (Phi) is 5.55. The summed E-state index contributed by atoms with van der Waals surface area (Å²) < 4.78 is 16.4. The summed E-state index contributed by atoms with van der Waals surface area (Å²) in [5.74, 6) is 1.31. The van der Waals surface area contributed by atoms with Crippen LogP contribution < -0.4 is 9.47 Å². The zero-order chi connectivity index (χ0) is 17.8. The molecule has 134 valence electrons. The number of carbonyl (C=O) groups excluding carboxylic acids is 1. The van der Waals surface area contributed by atoms with Crippen LogP contribution in [0.15, 0.2) is 23.6 Å². The highest BCUT2D eigenvalue weighted by atomic mass is 32.1. The lowest BCUT2D eigenvalue weighted by Gasteiger charge is -2.25. The summed E-state index contributed by atoms with van der Waals surface area (Å²) in [5, 5.41) is 2.59. The van der Waals surface area contributed by atoms with E-state index in [1.54, 1.807) is 17.4 Å². The fraction of sp³-hybridized carbons (Fsp3) is 0.444. The highest BCUT2D eigenvalue weighted by Crippen LogP contribution is 2.34. The Morgan fingerprint density at radius 1 is 1.28 bits per heavy atom. The number of hydrogen-bond donors (Lipinski definition) is 0. The van der Waals surface area contributed by atoms with Crippen molar-refractivity contribution < 1.29 is 19.0 Å². The Morgan fingerprint density at radius 3 is 2.72 bits per heavy atom. The van der Waals surface area contributed by atoms with E-state index in [1.807, 2.05) is 32.0 Å². The highest BCUT2D eigenvalue weighted by molar-refractivity contribution is 7.13. The predicted molar refractivity (Wildman–Crippen MR) is 96.6 cm³/mol. The van der Waals surface area contributed by atoms with Gasteiger partial charge in [-0.25, -0.2) is 4.98 Å². The molecule has 1 saturated heterocycles. The summed E-state index contributed by atoms with van der Waals surface area (Å²) in [7, 11) is 1.61. The van der Waals surface area contributed by atoms with Crippen molar-refractivity contribution in [3.63, 3.8) is 0 Å². The van der Waals surface area contributed by atoms with Crippen molar-refractivity contribution in [3.05, 3.63) is 29.3 Å². The first-order valence-corrected chi connectivity index (χ1v) is 9.14. The number of aromatic nitrogens is 1. The smallest absolute Gasteiger partial charge is 0.273 e. The first kappa shape index (κ1) is 17.7. The molecule has 2 heterocycles. The normalized spacial score (nSPS) is 14.6. The molecule has 1 fully saturated rings. The number of thiazole rings is 1. The molecule has 0 saturated carbocycles. The summed E-state index contributed by atoms with van der Waals surface area (Å²) in [5.41, 5.74) is 1.38. The summed E-state index contributed by atoms with van der Waals surface area (Å²) >= 11 is 1.45. The molecule has 3 rings (SSSR count). The molecule has 0 spiro atoms. The standard InChI is InChI=1S/C18H22N2O4S/c1-12(2)24-15-5-4-13(10-16(15)22-3)17-19-14(11-25-17)18(21)20-6-8-23-9-7-20/h4-5,10-12H,6-9H2,1-3H3. The molecular formula is C18H22N2O4S. The summed E-state index contributed by atoms with van der Waals surface area (Å²) in [4.78, 5) is 18.8. The Morgan fingerprint density at radius 2 is 2.04 bits per heavy atom. The van der Waals surface area contributed by atoms with Crippen LogP contribution in [0, 0.1) is 0 Å². The van der Waals surface area contributed by atoms with Crippen LogP contribution in [-0.2, 0) is 4.74 Å². The molecule has 0 atom stereocenters. The van der Waals surface area contributed by atoms with Gasteiger partial charge in [0.25, 0.3) is 5.91 Å². The molecule has 1 aromatic carbocycles. The number of morpholine rings is 1. The number of nitrogens with zero attached hydrogens (tertiary/aromatic N) is 2. The van der Waals surface area contributed by atoms with Crippen molar-refractivity contribution in [1.82, 2.24) is 9.88 Å². The summed E-state index contributed by atoms with van der Waals surface area (Å²) in [6, 6.07) is 5.70. The van der Waals surface area contributed by atoms with Gasteiger partial charge in [-0.2, -0.15) is 0 Å². The van der Waals surface area contributed by atoms with E-state index < -0.39 is 0 Å². The number of carbonyl (C=O) groups is 1. The van der Waals surface area contributed by atoms with Gasteiger partial charge in [0.15, 0.2) is 11.5 Å². The van der Waals surface area contributed by atoms with Gasteiger partial charge >= 0.3 is 0 Å². The molecular weight excluding hydrogens is 340 g/mol. The topological polar surface area (TPSA) is 60.9 Å². The lowest BCUT2D eigenvalue weighted by atomic mass is 10.2. The van der Waals surface area contributed by atoms with Crippen molar-refractivity contribution in [2.24, 2.45) is 0 Å². The van der Waals surface area contributed by atoms with E-state index in [0.29, 0.717) is 43.5 Å². The van der Waals surface area contributed by atoms with E-state index >= 15 is 0 Å². The molecule has 6 nitrogen and oxygen atoms in total. The van der Waals surface area contributed by atoms with Gasteiger partial charge in [0.1, 0.15) is 10.7 Å². The van der Waals surface area contributed by atoms with Crippen LogP contribution >= 0.6 is 11.3 Å². The highest BCUT2D eigenvalue weighted by Gasteiger charge is 2.21. The number of methoxy groups -OCH3 is 1. The molecule has 0 bridgehead atoms. The average Bonchev–Trinajstić information content (AvgIpc) is 3.12. The van der Waals surface area contributed by atoms with E-state index in [4.69, 9.17) is 14.2 Å². The molecule has 0 N–H and O–H groups in total. The fourth-order valence-corrected chi connectivity index (χ4v) is 3.38. The minimum Gasteiger partial charge on any atom is -0.493 e. The molecule has 0 unspecified atom stereocenters. The lowest BCUT2D eigenvalue weighted by Crippen LogP contribution is -2.40. The van der Waals surface area contributed by atoms with Crippen LogP contribution in [0.5, 0.6) is 11.5 Å². The van der Waals surface area contributed by atoms with Gasteiger partial charge in [-0.3, -0.25) is 4.79 Å². The van der Waals surface area contributed by atoms with Gasteiger partial charge in [-0.1, -0.05) is 0 Å². The minimum absolute atomic E-state index is 0.0440. The molecule has 25 heavy (non-hydrogen) atoms. The van der Waals surface area contributed by atoms with Gasteiger partial charge in [-0.15, -0.1) is 11.3 Å². The second-order valence-electron chi connectivity index (χ2n) is 5.97. The number of benzene rings is 1. The third kappa shape index (κ3) is 4.11. The zero-order valence-corrected chi connectivity index (χ0v) is 15.5. The molecule has 1 aromatic heterocycles. The van der Waals surface area contributed by atoms with Crippen molar-refractivity contribution >= 4 is 17.2 Å². The quantitative estimate of drug-likeness (QED) is 0.818. The average molecular weight is 362 g/mol. The minimum atomic E-state index is -0.0440. The maximum atomic E-state index is 12.5. The maximum absolute atomic E-state index is 12.5. The Labute approximate surface area is 151 Å². The van der Waals surface area contributed by atoms with E-state index in [0.717, 1.165) is 10.6 Å². The van der Waals surface area contributed by atoms with E-state index in [-0.39, 0.29) is 12.0 Å². The molecule has 1 aliphatic heterocycles. The van der Waals surface area contributed by atoms with Crippen LogP contribution in [-0.4, -0.2) is 55.3 Å². The van der Waals surface area contributed by atoms with Crippen molar-refractivity contribution in [3.8, 4) is 22.1 Å². The SMILES string of the molecule is COc1cc(-c2nc(C(=O)N3CCOCC3)cs2)ccc1OC(C)C. The Balaban J connectivity index is 1.80. The van der Waals surface area contributed by atoms with Crippen molar-refractivity contribution in [2.45, 2.75) is 20.0 Å². The number of amides is 1. The molecule has 0 radical (unpaired) electrons. The summed E-state index contributed by atoms with van der Waals surface area (Å²) in [6.45, 7) is 6.32. The fourth-order valence-electron chi connectivity index (χ4n) is 2.58. The number of rotatable bonds is 5. The largest absolute Gasteiger partial charge is 0.493 e. The maximum Gasteiger partial charge on any atom is 0.273 e. The third-order valence-corrected chi connectivity index (χ3v) is 4.69. The van der Waals surface area contributed by atoms with Crippen LogP contribution in [0.2, 0.25) is 0 Å². The monoisotopic (exact) mass is 362 g/mol. The van der Waals surface area contributed by atoms with Gasteiger partial charge < -0.3 is 19.1 Å². The number of hydrogen-bond acceptors (Lipinski definition) is 6. The van der Waals surface area contributed by atoms with E-state index in [2.05, 4.69) is 4.98 Å². The second kappa shape index (κ2) is 7.84. The molecule has 2 aromatic rings. The second-order valence-corrected chi connectivity index (χ2v) is 6.83. The summed E-state index contributed by atoms with van der Waals surface area (Å²) in [6.07, 6.45) is 0.0670. The van der Waals surface area contributed by atoms with Crippen LogP contribution in [0.4, 0.5) is 0 Å². The lowest BCUT2D eigenvalue weighted by molar-refractivity contribution is 0.0299. The van der Waals surface area contributed by atoms with Crippen LogP contribution in [0.25, 0.3) is 10.6 Å². The Bertz CT molecular complexity index is 738. The van der Waals surface area contributed by atoms with Crippen molar-refractivity contribution in [1.29, 1.82) is 0 Å². The molecule has 1 amide bonds. The molecule has 7 heteroatoms. The predicted octanol–water partition coefficient (Wildman–Crippen LogP) is 3.08. The molecule has 0 aliphatic carbocycles. The Hall–Kier alpha value is -2.12. The van der Waals surface area contributed by atoms with E-state index in [1.165, 1.54) is 11.3 Å². The van der Waals surface area contributed by atoms with Gasteiger partial charge in [0, 0.05) is 24.0 Å². The van der Waals surface area contributed by atoms with Crippen LogP contribution in [0.1, 0.15) is 24.3 Å². The molecule has 1 aliphatic rings. The van der Waals surface area contributed by atoms with Gasteiger partial charge in [0.2, 0.25) is 0 Å². The number of ether oxygens (including phenoxy) is 3. The van der Waals surface area contributed by atoms with Crippen LogP contribution in [0.3, 0.4) is 0 Å². The zero-order valence-electron chi connectivity index (χ0n) is 14.7. The third-order valence-electron chi connectivity index (χ3n) is 3.79. The van der Waals surface area contributed by atoms with Gasteiger partial charge in [-0.05, 0) is 32.0 Å². The first-order valence-electron chi connectivity index (χ1n) is 8.26. The van der Waals surface area contributed by atoms with Gasteiger partial charge in [0.05, 0.1) is 26.4 Å². The first-order chi connectivity index (χ1) is 12.1. The van der Waals surface area contributed by atoms with E-state index in [9.17, 15) is 4.79 Å².